The van der Waals surface area contributed by atoms with Gasteiger partial charge in [-0.15, -0.1) is 0 Å². The topological polar surface area (TPSA) is 80.7 Å². The van der Waals surface area contributed by atoms with Gasteiger partial charge in [-0.1, -0.05) is 0 Å². The number of nitrogens with zero attached hydrogens (tertiary/aromatic N) is 1. The maximum atomic E-state index is 10.9. The molecule has 1 unspecified atom stereocenters. The van der Waals surface area contributed by atoms with E-state index in [1.165, 1.54) is 19.1 Å². The number of phenolic OH excluding ortho intramolecular Hbond substituents is 1. The monoisotopic (exact) mass is 302 g/mol. The Morgan fingerprint density at radius 1 is 1.23 bits per heavy atom. The van der Waals surface area contributed by atoms with Crippen LogP contribution in [-0.2, 0) is 4.79 Å². The maximum absolute atomic E-state index is 10.9. The smallest absolute Gasteiger partial charge is 0.219 e. The van der Waals surface area contributed by atoms with E-state index in [4.69, 9.17) is 9.47 Å². The first-order chi connectivity index (χ1) is 10.5. The van der Waals surface area contributed by atoms with Crippen LogP contribution in [0.2, 0.25) is 0 Å². The Kier molecular flexibility index (Phi) is 5.19. The molecule has 2 aromatic rings. The third-order valence-corrected chi connectivity index (χ3v) is 2.72. The number of hydrogen-bond donors (Lipinski definition) is 2. The molecule has 1 aromatic carbocycles. The number of ether oxygens (including phenoxy) is 2. The van der Waals surface area contributed by atoms with Crippen LogP contribution >= 0.6 is 0 Å². The Morgan fingerprint density at radius 3 is 2.50 bits per heavy atom. The Morgan fingerprint density at radius 2 is 1.91 bits per heavy atom. The van der Waals surface area contributed by atoms with Gasteiger partial charge in [0.25, 0.3) is 0 Å². The van der Waals surface area contributed by atoms with Crippen molar-refractivity contribution in [2.45, 2.75) is 19.9 Å². The van der Waals surface area contributed by atoms with Gasteiger partial charge in [0, 0.05) is 13.0 Å². The average Bonchev–Trinajstić information content (AvgIpc) is 2.48. The quantitative estimate of drug-likeness (QED) is 0.857. The van der Waals surface area contributed by atoms with Crippen LogP contribution in [0.4, 0.5) is 0 Å². The molecule has 0 aliphatic heterocycles. The SMILES string of the molecule is CC(=O)NC(C)COc1ccc(Oc2ccc(O)cc2)nc1. The zero-order valence-electron chi connectivity index (χ0n) is 12.4. The summed E-state index contributed by atoms with van der Waals surface area (Å²) in [6, 6.07) is 9.72. The summed E-state index contributed by atoms with van der Waals surface area (Å²) in [5.74, 6) is 1.69. The second-order valence-corrected chi connectivity index (χ2v) is 4.84. The van der Waals surface area contributed by atoms with Gasteiger partial charge in [-0.3, -0.25) is 4.79 Å². The van der Waals surface area contributed by atoms with Crippen LogP contribution in [0, 0.1) is 0 Å². The molecule has 1 atom stereocenters. The van der Waals surface area contributed by atoms with Crippen LogP contribution in [0.25, 0.3) is 0 Å². The Bertz CT molecular complexity index is 611. The predicted molar refractivity (Wildman–Crippen MR) is 81.2 cm³/mol. The summed E-state index contributed by atoms with van der Waals surface area (Å²) < 4.78 is 11.1. The van der Waals surface area contributed by atoms with Crippen molar-refractivity contribution in [3.05, 3.63) is 42.6 Å². The van der Waals surface area contributed by atoms with Crippen molar-refractivity contribution in [2.24, 2.45) is 0 Å². The first-order valence-corrected chi connectivity index (χ1v) is 6.86. The molecule has 0 bridgehead atoms. The summed E-state index contributed by atoms with van der Waals surface area (Å²) in [6.07, 6.45) is 1.55. The van der Waals surface area contributed by atoms with Gasteiger partial charge in [0.05, 0.1) is 12.2 Å². The van der Waals surface area contributed by atoms with Crippen molar-refractivity contribution < 1.29 is 19.4 Å². The van der Waals surface area contributed by atoms with Gasteiger partial charge >= 0.3 is 0 Å². The summed E-state index contributed by atoms with van der Waals surface area (Å²) in [6.45, 7) is 3.68. The van der Waals surface area contributed by atoms with E-state index in [9.17, 15) is 9.90 Å². The zero-order chi connectivity index (χ0) is 15.9. The fourth-order valence-corrected chi connectivity index (χ4v) is 1.76. The number of amides is 1. The van der Waals surface area contributed by atoms with Gasteiger partial charge < -0.3 is 19.9 Å². The molecule has 6 heteroatoms. The molecule has 0 radical (unpaired) electrons. The third-order valence-electron chi connectivity index (χ3n) is 2.72. The van der Waals surface area contributed by atoms with Gasteiger partial charge in [0.15, 0.2) is 0 Å². The number of benzene rings is 1. The number of phenols is 1. The minimum Gasteiger partial charge on any atom is -0.508 e. The molecule has 116 valence electrons. The van der Waals surface area contributed by atoms with E-state index < -0.39 is 0 Å². The lowest BCUT2D eigenvalue weighted by atomic mass is 10.3. The number of carbonyl (C=O) groups excluding carboxylic acids is 1. The first kappa shape index (κ1) is 15.6. The van der Waals surface area contributed by atoms with E-state index in [1.807, 2.05) is 6.92 Å². The Hall–Kier alpha value is -2.76. The number of rotatable bonds is 6. The van der Waals surface area contributed by atoms with Crippen LogP contribution in [0.3, 0.4) is 0 Å². The summed E-state index contributed by atoms with van der Waals surface area (Å²) in [5, 5.41) is 11.9. The normalized spacial score (nSPS) is 11.5. The summed E-state index contributed by atoms with van der Waals surface area (Å²) in [4.78, 5) is 15.0. The van der Waals surface area contributed by atoms with Crippen LogP contribution in [0.5, 0.6) is 23.1 Å². The molecule has 0 saturated heterocycles. The lowest BCUT2D eigenvalue weighted by Crippen LogP contribution is -2.35. The van der Waals surface area contributed by atoms with E-state index in [-0.39, 0.29) is 17.7 Å². The molecule has 0 saturated carbocycles. The molecule has 0 spiro atoms. The standard InChI is InChI=1S/C16H18N2O4/c1-11(18-12(2)19)10-21-15-7-8-16(17-9-15)22-14-5-3-13(20)4-6-14/h3-9,11,20H,10H2,1-2H3,(H,18,19). The fraction of sp³-hybridized carbons (Fsp3) is 0.250. The van der Waals surface area contributed by atoms with E-state index in [1.54, 1.807) is 30.5 Å². The molecule has 0 aliphatic rings. The van der Waals surface area contributed by atoms with Crippen molar-refractivity contribution in [3.8, 4) is 23.1 Å². The van der Waals surface area contributed by atoms with Crippen LogP contribution in [0.1, 0.15) is 13.8 Å². The first-order valence-electron chi connectivity index (χ1n) is 6.86. The van der Waals surface area contributed by atoms with Gasteiger partial charge in [-0.2, -0.15) is 0 Å². The second kappa shape index (κ2) is 7.31. The molecule has 1 amide bonds. The van der Waals surface area contributed by atoms with Crippen molar-refractivity contribution >= 4 is 5.91 Å². The van der Waals surface area contributed by atoms with E-state index in [0.717, 1.165) is 0 Å². The maximum Gasteiger partial charge on any atom is 0.219 e. The van der Waals surface area contributed by atoms with Crippen LogP contribution in [0.15, 0.2) is 42.6 Å². The number of aromatic nitrogens is 1. The van der Waals surface area contributed by atoms with Gasteiger partial charge in [-0.05, 0) is 37.3 Å². The minimum atomic E-state index is -0.0909. The Balaban J connectivity index is 1.87. The minimum absolute atomic E-state index is 0.0783. The number of pyridine rings is 1. The van der Waals surface area contributed by atoms with E-state index >= 15 is 0 Å². The van der Waals surface area contributed by atoms with E-state index in [0.29, 0.717) is 24.0 Å². The van der Waals surface area contributed by atoms with Gasteiger partial charge in [0.1, 0.15) is 23.9 Å². The highest BCUT2D eigenvalue weighted by Gasteiger charge is 2.05. The zero-order valence-corrected chi connectivity index (χ0v) is 12.4. The number of carbonyl (C=O) groups is 1. The molecule has 2 N–H and O–H groups in total. The summed E-state index contributed by atoms with van der Waals surface area (Å²) in [5.41, 5.74) is 0. The second-order valence-electron chi connectivity index (χ2n) is 4.84. The molecular formula is C16H18N2O4. The Labute approximate surface area is 128 Å². The molecule has 2 rings (SSSR count). The lowest BCUT2D eigenvalue weighted by Gasteiger charge is -2.13. The fourth-order valence-electron chi connectivity index (χ4n) is 1.76. The molecule has 6 nitrogen and oxygen atoms in total. The summed E-state index contributed by atoms with van der Waals surface area (Å²) in [7, 11) is 0. The van der Waals surface area contributed by atoms with Crippen molar-refractivity contribution in [1.82, 2.24) is 10.3 Å². The van der Waals surface area contributed by atoms with Crippen LogP contribution in [-0.4, -0.2) is 28.6 Å². The molecule has 22 heavy (non-hydrogen) atoms. The third kappa shape index (κ3) is 4.97. The highest BCUT2D eigenvalue weighted by Crippen LogP contribution is 2.23. The molecule has 1 aromatic heterocycles. The molecule has 1 heterocycles. The molecular weight excluding hydrogens is 284 g/mol. The number of hydrogen-bond acceptors (Lipinski definition) is 5. The lowest BCUT2D eigenvalue weighted by molar-refractivity contribution is -0.119. The molecule has 0 aliphatic carbocycles. The van der Waals surface area contributed by atoms with Crippen LogP contribution < -0.4 is 14.8 Å². The predicted octanol–water partition coefficient (Wildman–Crippen LogP) is 2.48. The number of aromatic hydroxyl groups is 1. The molecule has 0 fully saturated rings. The van der Waals surface area contributed by atoms with Crippen molar-refractivity contribution in [2.75, 3.05) is 6.61 Å². The highest BCUT2D eigenvalue weighted by molar-refractivity contribution is 5.73. The number of nitrogens with one attached hydrogen (secondary N) is 1. The van der Waals surface area contributed by atoms with Crippen molar-refractivity contribution in [1.29, 1.82) is 0 Å². The summed E-state index contributed by atoms with van der Waals surface area (Å²) >= 11 is 0. The van der Waals surface area contributed by atoms with Gasteiger partial charge in [-0.25, -0.2) is 4.98 Å². The largest absolute Gasteiger partial charge is 0.508 e. The van der Waals surface area contributed by atoms with Gasteiger partial charge in [0.2, 0.25) is 11.8 Å². The highest BCUT2D eigenvalue weighted by atomic mass is 16.5. The van der Waals surface area contributed by atoms with E-state index in [2.05, 4.69) is 10.3 Å². The van der Waals surface area contributed by atoms with Crippen molar-refractivity contribution in [3.63, 3.8) is 0 Å². The average molecular weight is 302 g/mol.